The molecule has 2 aromatic heterocycles. The van der Waals surface area contributed by atoms with Crippen LogP contribution < -0.4 is 10.9 Å². The van der Waals surface area contributed by atoms with Gasteiger partial charge in [-0.15, -0.1) is 0 Å². The lowest BCUT2D eigenvalue weighted by atomic mass is 10.2. The molecule has 0 saturated carbocycles. The van der Waals surface area contributed by atoms with Crippen LogP contribution in [0.5, 0.6) is 0 Å². The quantitative estimate of drug-likeness (QED) is 0.774. The van der Waals surface area contributed by atoms with E-state index in [1.54, 1.807) is 12.3 Å². The summed E-state index contributed by atoms with van der Waals surface area (Å²) in [6, 6.07) is 10.6. The second kappa shape index (κ2) is 5.49. The van der Waals surface area contributed by atoms with Crippen molar-refractivity contribution in [3.05, 3.63) is 69.3 Å². The molecule has 0 aliphatic carbocycles. The summed E-state index contributed by atoms with van der Waals surface area (Å²) in [7, 11) is 0. The van der Waals surface area contributed by atoms with E-state index in [-0.39, 0.29) is 15.9 Å². The van der Waals surface area contributed by atoms with Crippen LogP contribution in [0.3, 0.4) is 0 Å². The molecule has 0 atom stereocenters. The van der Waals surface area contributed by atoms with Crippen molar-refractivity contribution in [2.24, 2.45) is 0 Å². The molecular formula is C15H9BrN2O3. The van der Waals surface area contributed by atoms with Crippen molar-refractivity contribution in [1.82, 2.24) is 4.98 Å². The molecule has 104 valence electrons. The normalized spacial score (nSPS) is 10.5. The molecule has 0 aliphatic heterocycles. The molecule has 2 heterocycles. The third kappa shape index (κ3) is 2.85. The largest absolute Gasteiger partial charge is 0.430 e. The third-order valence-electron chi connectivity index (χ3n) is 2.89. The average Bonchev–Trinajstić information content (AvgIpc) is 2.50. The van der Waals surface area contributed by atoms with Gasteiger partial charge >= 0.3 is 5.63 Å². The van der Waals surface area contributed by atoms with Crippen LogP contribution in [-0.2, 0) is 0 Å². The van der Waals surface area contributed by atoms with Crippen molar-refractivity contribution in [1.29, 1.82) is 0 Å². The smallest absolute Gasteiger partial charge is 0.350 e. The summed E-state index contributed by atoms with van der Waals surface area (Å²) in [6.07, 6.45) is 2.84. The monoisotopic (exact) mass is 344 g/mol. The van der Waals surface area contributed by atoms with Gasteiger partial charge < -0.3 is 9.73 Å². The van der Waals surface area contributed by atoms with E-state index in [9.17, 15) is 9.59 Å². The fourth-order valence-electron chi connectivity index (χ4n) is 1.88. The first-order chi connectivity index (χ1) is 10.1. The number of hydrogen-bond donors (Lipinski definition) is 1. The van der Waals surface area contributed by atoms with Crippen LogP contribution in [-0.4, -0.2) is 10.9 Å². The highest BCUT2D eigenvalue weighted by Gasteiger charge is 2.10. The van der Waals surface area contributed by atoms with E-state index in [2.05, 4.69) is 26.2 Å². The van der Waals surface area contributed by atoms with E-state index in [1.165, 1.54) is 6.07 Å². The van der Waals surface area contributed by atoms with Crippen molar-refractivity contribution in [3.63, 3.8) is 0 Å². The number of halogens is 1. The van der Waals surface area contributed by atoms with E-state index in [1.807, 2.05) is 24.3 Å². The zero-order valence-corrected chi connectivity index (χ0v) is 12.3. The first-order valence-electron chi connectivity index (χ1n) is 6.08. The molecule has 21 heavy (non-hydrogen) atoms. The third-order valence-corrected chi connectivity index (χ3v) is 3.45. The Labute approximate surface area is 127 Å². The Kier molecular flexibility index (Phi) is 3.53. The van der Waals surface area contributed by atoms with Gasteiger partial charge in [-0.05, 0) is 46.3 Å². The number of nitrogens with zero attached hydrogens (tertiary/aromatic N) is 1. The minimum absolute atomic E-state index is 0.206. The number of fused-ring (bicyclic) bond motifs is 1. The van der Waals surface area contributed by atoms with Crippen LogP contribution in [0.15, 0.2) is 62.5 Å². The molecule has 1 amide bonds. The average molecular weight is 345 g/mol. The molecule has 0 spiro atoms. The summed E-state index contributed by atoms with van der Waals surface area (Å²) < 4.78 is 4.95. The van der Waals surface area contributed by atoms with Crippen LogP contribution in [0.1, 0.15) is 10.4 Å². The lowest BCUT2D eigenvalue weighted by Crippen LogP contribution is -2.13. The highest BCUT2D eigenvalue weighted by atomic mass is 79.9. The highest BCUT2D eigenvalue weighted by molar-refractivity contribution is 9.10. The maximum atomic E-state index is 12.1. The number of rotatable bonds is 2. The van der Waals surface area contributed by atoms with Gasteiger partial charge in [-0.25, -0.2) is 4.79 Å². The summed E-state index contributed by atoms with van der Waals surface area (Å²) in [5.74, 6) is -0.359. The van der Waals surface area contributed by atoms with Crippen LogP contribution in [0.25, 0.3) is 10.9 Å². The molecule has 6 heteroatoms. The molecule has 5 nitrogen and oxygen atoms in total. The zero-order chi connectivity index (χ0) is 14.8. The van der Waals surface area contributed by atoms with Gasteiger partial charge in [-0.3, -0.25) is 9.78 Å². The second-order valence-electron chi connectivity index (χ2n) is 4.34. The molecule has 0 aliphatic rings. The molecule has 1 N–H and O–H groups in total. The first-order valence-corrected chi connectivity index (χ1v) is 6.87. The standard InChI is InChI=1S/C15H9BrN2O3/c16-12-7-10(8-21-15(12)20)14(19)18-11-3-4-13-9(6-11)2-1-5-17-13/h1-8H,(H,18,19). The molecular weight excluding hydrogens is 336 g/mol. The lowest BCUT2D eigenvalue weighted by Gasteiger charge is -2.06. The van der Waals surface area contributed by atoms with E-state index >= 15 is 0 Å². The number of benzene rings is 1. The molecule has 0 bridgehead atoms. The van der Waals surface area contributed by atoms with Crippen molar-refractivity contribution in [2.75, 3.05) is 5.32 Å². The minimum Gasteiger partial charge on any atom is -0.430 e. The number of carbonyl (C=O) groups is 1. The Hall–Kier alpha value is -2.47. The Morgan fingerprint density at radius 1 is 1.24 bits per heavy atom. The van der Waals surface area contributed by atoms with Crippen molar-refractivity contribution in [2.45, 2.75) is 0 Å². The maximum Gasteiger partial charge on any atom is 0.350 e. The van der Waals surface area contributed by atoms with Crippen LogP contribution in [0.4, 0.5) is 5.69 Å². The van der Waals surface area contributed by atoms with Crippen LogP contribution in [0.2, 0.25) is 0 Å². The molecule has 3 rings (SSSR count). The summed E-state index contributed by atoms with van der Waals surface area (Å²) in [5, 5.41) is 3.67. The van der Waals surface area contributed by atoms with E-state index in [0.29, 0.717) is 5.69 Å². The van der Waals surface area contributed by atoms with Gasteiger partial charge in [0.2, 0.25) is 0 Å². The topological polar surface area (TPSA) is 72.2 Å². The second-order valence-corrected chi connectivity index (χ2v) is 5.19. The predicted molar refractivity (Wildman–Crippen MR) is 82.4 cm³/mol. The Morgan fingerprint density at radius 3 is 2.90 bits per heavy atom. The predicted octanol–water partition coefficient (Wildman–Crippen LogP) is 3.20. The van der Waals surface area contributed by atoms with Gasteiger partial charge in [-0.1, -0.05) is 6.07 Å². The molecule has 3 aromatic rings. The Bertz CT molecular complexity index is 889. The zero-order valence-electron chi connectivity index (χ0n) is 10.7. The number of nitrogens with one attached hydrogen (secondary N) is 1. The summed E-state index contributed by atoms with van der Waals surface area (Å²) in [5.41, 5.74) is 1.22. The van der Waals surface area contributed by atoms with Crippen molar-refractivity contribution in [3.8, 4) is 0 Å². The fourth-order valence-corrected chi connectivity index (χ4v) is 2.22. The number of carbonyl (C=O) groups excluding carboxylic acids is 1. The molecule has 0 fully saturated rings. The molecule has 0 unspecified atom stereocenters. The van der Waals surface area contributed by atoms with Gasteiger partial charge in [0.15, 0.2) is 0 Å². The fraction of sp³-hybridized carbons (Fsp3) is 0. The number of amides is 1. The molecule has 0 radical (unpaired) electrons. The van der Waals surface area contributed by atoms with Gasteiger partial charge in [0.1, 0.15) is 10.7 Å². The highest BCUT2D eigenvalue weighted by Crippen LogP contribution is 2.18. The number of hydrogen-bond acceptors (Lipinski definition) is 4. The Balaban J connectivity index is 1.88. The molecule has 0 saturated heterocycles. The molecule has 1 aromatic carbocycles. The number of aromatic nitrogens is 1. The number of pyridine rings is 1. The maximum absolute atomic E-state index is 12.1. The summed E-state index contributed by atoms with van der Waals surface area (Å²) >= 11 is 3.04. The lowest BCUT2D eigenvalue weighted by molar-refractivity contribution is 0.102. The summed E-state index contributed by atoms with van der Waals surface area (Å²) in [6.45, 7) is 0. The number of anilines is 1. The van der Waals surface area contributed by atoms with Gasteiger partial charge in [0, 0.05) is 17.3 Å². The van der Waals surface area contributed by atoms with Crippen LogP contribution in [0, 0.1) is 0 Å². The Morgan fingerprint density at radius 2 is 2.10 bits per heavy atom. The van der Waals surface area contributed by atoms with E-state index in [4.69, 9.17) is 4.42 Å². The first kappa shape index (κ1) is 13.5. The van der Waals surface area contributed by atoms with Gasteiger partial charge in [0.05, 0.1) is 11.1 Å². The SMILES string of the molecule is O=C(Nc1ccc2ncccc2c1)c1coc(=O)c(Br)c1. The van der Waals surface area contributed by atoms with E-state index < -0.39 is 5.63 Å². The van der Waals surface area contributed by atoms with Crippen molar-refractivity contribution < 1.29 is 9.21 Å². The summed E-state index contributed by atoms with van der Waals surface area (Å²) in [4.78, 5) is 27.5. The van der Waals surface area contributed by atoms with Crippen LogP contribution >= 0.6 is 15.9 Å². The minimum atomic E-state index is -0.525. The van der Waals surface area contributed by atoms with Gasteiger partial charge in [0.25, 0.3) is 5.91 Å². The van der Waals surface area contributed by atoms with E-state index in [0.717, 1.165) is 17.2 Å². The van der Waals surface area contributed by atoms with Crippen molar-refractivity contribution >= 4 is 38.4 Å². The van der Waals surface area contributed by atoms with Gasteiger partial charge in [-0.2, -0.15) is 0 Å².